The minimum atomic E-state index is 0.553. The Morgan fingerprint density at radius 2 is 1.92 bits per heavy atom. The molecule has 0 heterocycles. The van der Waals surface area contributed by atoms with Gasteiger partial charge in [-0.2, -0.15) is 0 Å². The molecule has 0 aliphatic carbocycles. The molecule has 1 aromatic carbocycles. The lowest BCUT2D eigenvalue weighted by Crippen LogP contribution is -1.98. The van der Waals surface area contributed by atoms with Gasteiger partial charge in [-0.25, -0.2) is 0 Å². The van der Waals surface area contributed by atoms with E-state index in [1.165, 1.54) is 0 Å². The fourth-order valence-corrected chi connectivity index (χ4v) is 1.77. The molecule has 0 amide bonds. The molecule has 1 rings (SSSR count). The minimum Gasteiger partial charge on any atom is -0.491 e. The molecule has 0 saturated carbocycles. The van der Waals surface area contributed by atoms with Gasteiger partial charge in [0.2, 0.25) is 0 Å². The molecule has 13 heavy (non-hydrogen) atoms. The normalized spacial score (nSPS) is 10.2. The Morgan fingerprint density at radius 3 is 2.54 bits per heavy atom. The van der Waals surface area contributed by atoms with Crippen LogP contribution in [0.2, 0.25) is 10.0 Å². The molecular weight excluding hydrogens is 343 g/mol. The van der Waals surface area contributed by atoms with Crippen molar-refractivity contribution in [2.45, 2.75) is 0 Å². The highest BCUT2D eigenvalue weighted by Crippen LogP contribution is 2.33. The molecule has 1 aromatic rings. The third kappa shape index (κ3) is 3.31. The van der Waals surface area contributed by atoms with Gasteiger partial charge in [0.25, 0.3) is 0 Å². The number of halogens is 4. The average Bonchev–Trinajstić information content (AvgIpc) is 2.09. The first kappa shape index (κ1) is 11.6. The minimum absolute atomic E-state index is 0.553. The third-order valence-corrected chi connectivity index (χ3v) is 3.13. The molecule has 0 fully saturated rings. The van der Waals surface area contributed by atoms with E-state index in [0.29, 0.717) is 22.4 Å². The highest BCUT2D eigenvalue weighted by Gasteiger charge is 2.05. The van der Waals surface area contributed by atoms with E-state index in [9.17, 15) is 0 Å². The molecule has 0 unspecified atom stereocenters. The Balaban J connectivity index is 2.88. The van der Waals surface area contributed by atoms with Crippen LogP contribution in [0.15, 0.2) is 16.6 Å². The van der Waals surface area contributed by atoms with E-state index in [0.717, 1.165) is 9.80 Å². The second-order valence-corrected chi connectivity index (χ2v) is 4.70. The summed E-state index contributed by atoms with van der Waals surface area (Å²) in [6.07, 6.45) is 0. The number of benzene rings is 1. The Hall–Kier alpha value is 0.560. The van der Waals surface area contributed by atoms with Gasteiger partial charge in [0.05, 0.1) is 16.7 Å². The summed E-state index contributed by atoms with van der Waals surface area (Å²) in [5, 5.41) is 1.91. The summed E-state index contributed by atoms with van der Waals surface area (Å²) in [4.78, 5) is 0. The summed E-state index contributed by atoms with van der Waals surface area (Å²) in [6.45, 7) is 0.567. The van der Waals surface area contributed by atoms with Gasteiger partial charge < -0.3 is 4.74 Å². The number of ether oxygens (including phenoxy) is 1. The van der Waals surface area contributed by atoms with Gasteiger partial charge in [0.15, 0.2) is 0 Å². The number of alkyl halides is 1. The van der Waals surface area contributed by atoms with Gasteiger partial charge in [-0.1, -0.05) is 39.1 Å². The molecule has 0 spiro atoms. The SMILES string of the molecule is Clc1cc(OCCBr)c(Cl)cc1Br. The molecule has 0 saturated heterocycles. The smallest absolute Gasteiger partial charge is 0.139 e. The van der Waals surface area contributed by atoms with Crippen LogP contribution in [0.4, 0.5) is 0 Å². The topological polar surface area (TPSA) is 9.23 Å². The van der Waals surface area contributed by atoms with Crippen LogP contribution in [0.5, 0.6) is 5.75 Å². The van der Waals surface area contributed by atoms with Gasteiger partial charge in [-0.05, 0) is 22.0 Å². The average molecular weight is 349 g/mol. The van der Waals surface area contributed by atoms with E-state index in [2.05, 4.69) is 31.9 Å². The van der Waals surface area contributed by atoms with Crippen LogP contribution < -0.4 is 4.74 Å². The highest BCUT2D eigenvalue weighted by molar-refractivity contribution is 9.10. The fourth-order valence-electron chi connectivity index (χ4n) is 0.763. The molecule has 5 heteroatoms. The van der Waals surface area contributed by atoms with E-state index in [1.807, 2.05) is 0 Å². The molecule has 0 bridgehead atoms. The molecule has 0 aromatic heterocycles. The van der Waals surface area contributed by atoms with Gasteiger partial charge in [-0.3, -0.25) is 0 Å². The van der Waals surface area contributed by atoms with Crippen LogP contribution >= 0.6 is 55.1 Å². The van der Waals surface area contributed by atoms with Crippen molar-refractivity contribution in [3.05, 3.63) is 26.7 Å². The van der Waals surface area contributed by atoms with Crippen LogP contribution in [0.3, 0.4) is 0 Å². The zero-order valence-electron chi connectivity index (χ0n) is 6.49. The molecular formula is C8H6Br2Cl2O. The predicted octanol–water partition coefficient (Wildman–Crippen LogP) is 4.53. The monoisotopic (exact) mass is 346 g/mol. The summed E-state index contributed by atoms with van der Waals surface area (Å²) in [6, 6.07) is 3.41. The summed E-state index contributed by atoms with van der Waals surface area (Å²) >= 11 is 18.3. The second kappa shape index (κ2) is 5.44. The van der Waals surface area contributed by atoms with Crippen molar-refractivity contribution in [1.29, 1.82) is 0 Å². The van der Waals surface area contributed by atoms with Crippen LogP contribution in [0, 0.1) is 0 Å². The lowest BCUT2D eigenvalue weighted by atomic mass is 10.3. The van der Waals surface area contributed by atoms with Gasteiger partial charge in [0, 0.05) is 15.9 Å². The van der Waals surface area contributed by atoms with Gasteiger partial charge in [-0.15, -0.1) is 0 Å². The summed E-state index contributed by atoms with van der Waals surface area (Å²) in [7, 11) is 0. The predicted molar refractivity (Wildman–Crippen MR) is 63.5 cm³/mol. The zero-order chi connectivity index (χ0) is 9.84. The Kier molecular flexibility index (Phi) is 4.87. The van der Waals surface area contributed by atoms with Crippen molar-refractivity contribution < 1.29 is 4.74 Å². The third-order valence-electron chi connectivity index (χ3n) is 1.31. The highest BCUT2D eigenvalue weighted by atomic mass is 79.9. The number of hydrogen-bond acceptors (Lipinski definition) is 1. The second-order valence-electron chi connectivity index (χ2n) is 2.23. The maximum Gasteiger partial charge on any atom is 0.139 e. The van der Waals surface area contributed by atoms with Crippen molar-refractivity contribution in [3.63, 3.8) is 0 Å². The quantitative estimate of drug-likeness (QED) is 0.576. The number of hydrogen-bond donors (Lipinski definition) is 0. The molecule has 0 N–H and O–H groups in total. The molecule has 72 valence electrons. The molecule has 0 aliphatic rings. The van der Waals surface area contributed by atoms with Gasteiger partial charge in [0.1, 0.15) is 5.75 Å². The lowest BCUT2D eigenvalue weighted by molar-refractivity contribution is 0.345. The first-order chi connectivity index (χ1) is 6.15. The summed E-state index contributed by atoms with van der Waals surface area (Å²) in [5.74, 6) is 0.606. The zero-order valence-corrected chi connectivity index (χ0v) is 11.2. The summed E-state index contributed by atoms with van der Waals surface area (Å²) < 4.78 is 6.11. The Labute approximate surface area is 104 Å². The maximum absolute atomic E-state index is 5.91. The molecule has 0 radical (unpaired) electrons. The van der Waals surface area contributed by atoms with Gasteiger partial charge >= 0.3 is 0 Å². The standard InChI is InChI=1S/C8H6Br2Cl2O/c9-1-2-13-8-4-6(11)5(10)3-7(8)12/h3-4H,1-2H2. The van der Waals surface area contributed by atoms with Crippen LogP contribution in [-0.4, -0.2) is 11.9 Å². The molecule has 0 aliphatic heterocycles. The Morgan fingerprint density at radius 1 is 1.23 bits per heavy atom. The first-order valence-electron chi connectivity index (χ1n) is 3.48. The molecule has 0 atom stereocenters. The summed E-state index contributed by atoms with van der Waals surface area (Å²) in [5.41, 5.74) is 0. The maximum atomic E-state index is 5.91. The van der Waals surface area contributed by atoms with E-state index >= 15 is 0 Å². The van der Waals surface area contributed by atoms with Crippen LogP contribution in [-0.2, 0) is 0 Å². The molecule has 1 nitrogen and oxygen atoms in total. The first-order valence-corrected chi connectivity index (χ1v) is 6.15. The van der Waals surface area contributed by atoms with Crippen molar-refractivity contribution in [2.75, 3.05) is 11.9 Å². The fraction of sp³-hybridized carbons (Fsp3) is 0.250. The van der Waals surface area contributed by atoms with Crippen LogP contribution in [0.25, 0.3) is 0 Å². The van der Waals surface area contributed by atoms with Crippen molar-refractivity contribution in [2.24, 2.45) is 0 Å². The largest absolute Gasteiger partial charge is 0.491 e. The van der Waals surface area contributed by atoms with Crippen molar-refractivity contribution in [1.82, 2.24) is 0 Å². The van der Waals surface area contributed by atoms with E-state index in [4.69, 9.17) is 27.9 Å². The van der Waals surface area contributed by atoms with Crippen molar-refractivity contribution >= 4 is 55.1 Å². The van der Waals surface area contributed by atoms with Crippen LogP contribution in [0.1, 0.15) is 0 Å². The van der Waals surface area contributed by atoms with E-state index in [-0.39, 0.29) is 0 Å². The van der Waals surface area contributed by atoms with Crippen molar-refractivity contribution in [3.8, 4) is 5.75 Å². The van der Waals surface area contributed by atoms with E-state index in [1.54, 1.807) is 12.1 Å². The Bertz CT molecular complexity index is 304. The number of rotatable bonds is 3. The lowest BCUT2D eigenvalue weighted by Gasteiger charge is -2.07. The van der Waals surface area contributed by atoms with E-state index < -0.39 is 0 Å².